The molecule has 0 bridgehead atoms. The molecule has 0 spiro atoms. The van der Waals surface area contributed by atoms with Gasteiger partial charge in [0.15, 0.2) is 0 Å². The van der Waals surface area contributed by atoms with E-state index in [1.165, 1.54) is 18.3 Å². The van der Waals surface area contributed by atoms with Gasteiger partial charge in [0, 0.05) is 48.4 Å². The molecule has 1 atom stereocenters. The Morgan fingerprint density at radius 3 is 2.54 bits per heavy atom. The fourth-order valence-electron chi connectivity index (χ4n) is 5.11. The predicted molar refractivity (Wildman–Crippen MR) is 158 cm³/mol. The van der Waals surface area contributed by atoms with Crippen molar-refractivity contribution in [3.8, 4) is 6.07 Å². The molecule has 11 nitrogen and oxygen atoms in total. The highest BCUT2D eigenvalue weighted by atomic mass is 35.5. The van der Waals surface area contributed by atoms with Crippen LogP contribution in [0.3, 0.4) is 0 Å². The maximum Gasteiger partial charge on any atom is 0.141 e. The van der Waals surface area contributed by atoms with E-state index in [1.807, 2.05) is 24.3 Å². The third-order valence-electron chi connectivity index (χ3n) is 7.19. The maximum absolute atomic E-state index is 13.8. The van der Waals surface area contributed by atoms with Crippen molar-refractivity contribution in [1.82, 2.24) is 42.2 Å². The fourth-order valence-corrected chi connectivity index (χ4v) is 5.56. The number of rotatable bonds is 7. The third-order valence-corrected chi connectivity index (χ3v) is 7.76. The Morgan fingerprint density at radius 2 is 1.80 bits per heavy atom. The molecule has 0 aliphatic carbocycles. The molecular weight excluding hydrogens is 568 g/mol. The summed E-state index contributed by atoms with van der Waals surface area (Å²) in [5.41, 5.74) is 17.2. The van der Waals surface area contributed by atoms with Gasteiger partial charge in [-0.3, -0.25) is 15.0 Å². The molecule has 2 aromatic carbocycles. The van der Waals surface area contributed by atoms with Crippen molar-refractivity contribution in [2.24, 2.45) is 0 Å². The number of hydrazine groups is 4. The summed E-state index contributed by atoms with van der Waals surface area (Å²) in [6.45, 7) is 1.95. The SMILES string of the molecule is CN1C=C(C(Nc2cc(Cl)c3ncc(C#N)c(Nc4ccc(F)c(Cl)c4)c3c2)C2=CN(C3CCNCC3)NN2)NN1. The lowest BCUT2D eigenvalue weighted by atomic mass is 10.1. The largest absolute Gasteiger partial charge is 0.371 e. The minimum Gasteiger partial charge on any atom is -0.371 e. The molecule has 1 unspecified atom stereocenters. The zero-order valence-electron chi connectivity index (χ0n) is 22.0. The number of aromatic nitrogens is 1. The Balaban J connectivity index is 1.37. The van der Waals surface area contributed by atoms with Gasteiger partial charge in [-0.05, 0) is 56.3 Å². The molecule has 1 fully saturated rings. The lowest BCUT2D eigenvalue weighted by Crippen LogP contribution is -2.48. The van der Waals surface area contributed by atoms with Gasteiger partial charge in [-0.25, -0.2) is 4.39 Å². The number of benzene rings is 2. The zero-order chi connectivity index (χ0) is 28.5. The monoisotopic (exact) mass is 595 g/mol. The summed E-state index contributed by atoms with van der Waals surface area (Å²) in [7, 11) is 1.90. The number of anilines is 3. The van der Waals surface area contributed by atoms with Crippen LogP contribution >= 0.6 is 23.2 Å². The highest BCUT2D eigenvalue weighted by Gasteiger charge is 2.30. The molecular formula is C27H28Cl2FN11. The van der Waals surface area contributed by atoms with E-state index in [-0.39, 0.29) is 11.1 Å². The summed E-state index contributed by atoms with van der Waals surface area (Å²) in [4.78, 5) is 4.44. The zero-order valence-corrected chi connectivity index (χ0v) is 23.5. The van der Waals surface area contributed by atoms with E-state index in [0.717, 1.165) is 37.3 Å². The number of nitriles is 1. The van der Waals surface area contributed by atoms with E-state index in [2.05, 4.69) is 60.1 Å². The molecule has 212 valence electrons. The number of fused-ring (bicyclic) bond motifs is 1. The van der Waals surface area contributed by atoms with Crippen LogP contribution in [0.25, 0.3) is 10.9 Å². The molecule has 14 heteroatoms. The smallest absolute Gasteiger partial charge is 0.141 e. The Labute approximate surface area is 246 Å². The number of hydrogen-bond acceptors (Lipinski definition) is 11. The molecule has 3 aliphatic heterocycles. The predicted octanol–water partition coefficient (Wildman–Crippen LogP) is 3.79. The first-order valence-electron chi connectivity index (χ1n) is 13.1. The van der Waals surface area contributed by atoms with Crippen molar-refractivity contribution < 1.29 is 4.39 Å². The Bertz CT molecular complexity index is 1580. The van der Waals surface area contributed by atoms with Crippen LogP contribution in [0.2, 0.25) is 10.0 Å². The fraction of sp³-hybridized carbons (Fsp3) is 0.259. The van der Waals surface area contributed by atoms with E-state index in [0.29, 0.717) is 44.6 Å². The van der Waals surface area contributed by atoms with Gasteiger partial charge in [-0.15, -0.1) is 11.1 Å². The summed E-state index contributed by atoms with van der Waals surface area (Å²) >= 11 is 12.7. The van der Waals surface area contributed by atoms with Crippen molar-refractivity contribution in [3.05, 3.63) is 81.7 Å². The Kier molecular flexibility index (Phi) is 7.61. The molecule has 4 heterocycles. The lowest BCUT2D eigenvalue weighted by molar-refractivity contribution is 0.162. The van der Waals surface area contributed by atoms with Crippen molar-refractivity contribution in [2.75, 3.05) is 30.8 Å². The van der Waals surface area contributed by atoms with Gasteiger partial charge < -0.3 is 26.8 Å². The minimum absolute atomic E-state index is 0.0319. The van der Waals surface area contributed by atoms with Gasteiger partial charge in [0.1, 0.15) is 17.9 Å². The second-order valence-electron chi connectivity index (χ2n) is 9.99. The standard InChI is InChI=1S/C27H28Cl2FN11/c1-40-13-23(36-38-40)27(24-14-41(39-37-24)18-4-6-32-7-5-18)35-17-8-19-25(34-16-2-3-22(30)20(28)9-16)15(11-31)12-33-26(19)21(29)10-17/h2-3,8-10,12-14,18,27,32,35-39H,4-7H2,1H3,(H,33,34). The Morgan fingerprint density at radius 1 is 1.05 bits per heavy atom. The third kappa shape index (κ3) is 5.63. The van der Waals surface area contributed by atoms with E-state index in [9.17, 15) is 9.65 Å². The van der Waals surface area contributed by atoms with Crippen LogP contribution < -0.4 is 37.9 Å². The van der Waals surface area contributed by atoms with Gasteiger partial charge in [-0.2, -0.15) is 5.26 Å². The van der Waals surface area contributed by atoms with Crippen LogP contribution in [0.5, 0.6) is 0 Å². The normalized spacial score (nSPS) is 17.9. The van der Waals surface area contributed by atoms with Crippen LogP contribution in [0.15, 0.2) is 60.3 Å². The van der Waals surface area contributed by atoms with Gasteiger partial charge >= 0.3 is 0 Å². The summed E-state index contributed by atoms with van der Waals surface area (Å²) in [5.74, 6) is -0.532. The number of pyridine rings is 1. The van der Waals surface area contributed by atoms with E-state index < -0.39 is 5.82 Å². The van der Waals surface area contributed by atoms with Crippen LogP contribution in [0.1, 0.15) is 18.4 Å². The average molecular weight is 597 g/mol. The molecule has 41 heavy (non-hydrogen) atoms. The highest BCUT2D eigenvalue weighted by molar-refractivity contribution is 6.36. The molecule has 3 aromatic rings. The van der Waals surface area contributed by atoms with Crippen LogP contribution in [-0.4, -0.2) is 47.2 Å². The van der Waals surface area contributed by atoms with E-state index >= 15 is 0 Å². The number of nitrogens with one attached hydrogen (secondary N) is 7. The van der Waals surface area contributed by atoms with E-state index in [1.54, 1.807) is 12.1 Å². The van der Waals surface area contributed by atoms with Gasteiger partial charge in [0.2, 0.25) is 0 Å². The van der Waals surface area contributed by atoms with Crippen molar-refractivity contribution >= 4 is 51.2 Å². The number of nitrogens with zero attached hydrogens (tertiary/aromatic N) is 4. The van der Waals surface area contributed by atoms with Crippen molar-refractivity contribution in [2.45, 2.75) is 24.9 Å². The topological polar surface area (TPSA) is 127 Å². The quantitative estimate of drug-likeness (QED) is 0.215. The molecule has 0 saturated carbocycles. The molecule has 0 radical (unpaired) electrons. The summed E-state index contributed by atoms with van der Waals surface area (Å²) < 4.78 is 13.8. The van der Waals surface area contributed by atoms with Crippen molar-refractivity contribution in [1.29, 1.82) is 5.26 Å². The number of halogens is 3. The van der Waals surface area contributed by atoms with Crippen LogP contribution in [0.4, 0.5) is 21.5 Å². The number of hydrogen-bond donors (Lipinski definition) is 7. The van der Waals surface area contributed by atoms with Gasteiger partial charge in [-0.1, -0.05) is 23.2 Å². The van der Waals surface area contributed by atoms with Crippen molar-refractivity contribution in [3.63, 3.8) is 0 Å². The first kappa shape index (κ1) is 27.2. The molecule has 1 saturated heterocycles. The maximum atomic E-state index is 13.8. The highest BCUT2D eigenvalue weighted by Crippen LogP contribution is 2.36. The molecule has 6 rings (SSSR count). The Hall–Kier alpha value is -3.99. The average Bonchev–Trinajstić information content (AvgIpc) is 3.64. The molecule has 7 N–H and O–H groups in total. The second kappa shape index (κ2) is 11.5. The summed E-state index contributed by atoms with van der Waals surface area (Å²) in [5, 5.41) is 25.0. The minimum atomic E-state index is -0.532. The molecule has 0 amide bonds. The van der Waals surface area contributed by atoms with E-state index in [4.69, 9.17) is 23.2 Å². The second-order valence-corrected chi connectivity index (χ2v) is 10.8. The first-order chi connectivity index (χ1) is 19.9. The van der Waals surface area contributed by atoms with Crippen LogP contribution in [0, 0.1) is 17.1 Å². The summed E-state index contributed by atoms with van der Waals surface area (Å²) in [6.07, 6.45) is 7.56. The molecule has 1 aromatic heterocycles. The van der Waals surface area contributed by atoms with Gasteiger partial charge in [0.25, 0.3) is 0 Å². The first-order valence-corrected chi connectivity index (χ1v) is 13.8. The number of piperidine rings is 1. The molecule has 3 aliphatic rings. The van der Waals surface area contributed by atoms with Crippen LogP contribution in [-0.2, 0) is 0 Å². The summed E-state index contributed by atoms with van der Waals surface area (Å²) in [6, 6.07) is 10.2. The van der Waals surface area contributed by atoms with Gasteiger partial charge in [0.05, 0.1) is 38.2 Å². The lowest BCUT2D eigenvalue weighted by Gasteiger charge is -2.30.